The first-order valence-electron chi connectivity index (χ1n) is 7.51. The molecular formula is C14H20N6O2S. The van der Waals surface area contributed by atoms with Crippen LogP contribution in [-0.4, -0.2) is 51.3 Å². The molecule has 8 nitrogen and oxygen atoms in total. The number of hydrogen-bond acceptors (Lipinski definition) is 7. The Balaban J connectivity index is 1.60. The Morgan fingerprint density at radius 3 is 3.17 bits per heavy atom. The molecule has 0 saturated carbocycles. The Morgan fingerprint density at radius 2 is 2.43 bits per heavy atom. The number of ether oxygens (including phenoxy) is 1. The highest BCUT2D eigenvalue weighted by atomic mass is 32.1. The lowest BCUT2D eigenvalue weighted by atomic mass is 10.1. The highest BCUT2D eigenvalue weighted by Gasteiger charge is 2.24. The average molecular weight is 336 g/mol. The van der Waals surface area contributed by atoms with Gasteiger partial charge in [-0.2, -0.15) is 9.47 Å². The fraction of sp³-hybridized carbons (Fsp3) is 0.571. The van der Waals surface area contributed by atoms with Crippen molar-refractivity contribution in [3.05, 3.63) is 23.8 Å². The van der Waals surface area contributed by atoms with Crippen LogP contribution in [0.4, 0.5) is 5.13 Å². The number of carbonyl (C=O) groups excluding carboxylic acids is 1. The second-order valence-electron chi connectivity index (χ2n) is 5.59. The number of rotatable bonds is 5. The highest BCUT2D eigenvalue weighted by molar-refractivity contribution is 7.09. The summed E-state index contributed by atoms with van der Waals surface area (Å²) < 4.78 is 11.0. The van der Waals surface area contributed by atoms with Gasteiger partial charge in [0.05, 0.1) is 11.8 Å². The monoisotopic (exact) mass is 336 g/mol. The van der Waals surface area contributed by atoms with Crippen molar-refractivity contribution in [2.45, 2.75) is 25.5 Å². The molecule has 0 bridgehead atoms. The third-order valence-corrected chi connectivity index (χ3v) is 4.54. The lowest BCUT2D eigenvalue weighted by Crippen LogP contribution is -2.47. The first-order chi connectivity index (χ1) is 11.2. The van der Waals surface area contributed by atoms with Crippen molar-refractivity contribution < 1.29 is 9.53 Å². The predicted molar refractivity (Wildman–Crippen MR) is 86.5 cm³/mol. The maximum atomic E-state index is 12.2. The second-order valence-corrected chi connectivity index (χ2v) is 6.32. The van der Waals surface area contributed by atoms with E-state index in [1.165, 1.54) is 11.5 Å². The molecule has 1 aliphatic heterocycles. The summed E-state index contributed by atoms with van der Waals surface area (Å²) >= 11 is 1.38. The summed E-state index contributed by atoms with van der Waals surface area (Å²) in [7, 11) is 3.43. The maximum absolute atomic E-state index is 12.2. The Kier molecular flexibility index (Phi) is 4.87. The van der Waals surface area contributed by atoms with Crippen LogP contribution in [-0.2, 0) is 18.4 Å². The molecule has 1 fully saturated rings. The van der Waals surface area contributed by atoms with E-state index in [1.54, 1.807) is 31.2 Å². The molecule has 1 amide bonds. The Hall–Kier alpha value is -2.00. The van der Waals surface area contributed by atoms with Gasteiger partial charge in [-0.15, -0.1) is 0 Å². The average Bonchev–Trinajstić information content (AvgIpc) is 3.17. The van der Waals surface area contributed by atoms with Crippen LogP contribution < -0.4 is 10.2 Å². The van der Waals surface area contributed by atoms with Crippen LogP contribution in [0.3, 0.4) is 0 Å². The van der Waals surface area contributed by atoms with E-state index >= 15 is 0 Å². The summed E-state index contributed by atoms with van der Waals surface area (Å²) in [5, 5.41) is 7.99. The molecule has 0 radical (unpaired) electrons. The lowest BCUT2D eigenvalue weighted by Gasteiger charge is -2.32. The number of methoxy groups -OCH3 is 1. The van der Waals surface area contributed by atoms with Crippen molar-refractivity contribution in [3.63, 3.8) is 0 Å². The minimum atomic E-state index is -0.0812. The van der Waals surface area contributed by atoms with Crippen LogP contribution in [0.15, 0.2) is 12.4 Å². The number of amides is 1. The Morgan fingerprint density at radius 1 is 1.57 bits per heavy atom. The predicted octanol–water partition coefficient (Wildman–Crippen LogP) is 0.817. The SMILES string of the molecule is COCc1nsc(N2CCCC(NC(=O)c3cnn(C)c3)C2)n1. The standard InChI is InChI=1S/C14H20N6O2S/c1-19-7-10(6-15-19)13(21)16-11-4-3-5-20(8-11)14-17-12(9-22-2)18-23-14/h6-7,11H,3-5,8-9H2,1-2H3,(H,16,21). The second kappa shape index (κ2) is 7.05. The number of carbonyl (C=O) groups is 1. The number of anilines is 1. The number of nitrogens with one attached hydrogen (secondary N) is 1. The molecule has 1 N–H and O–H groups in total. The highest BCUT2D eigenvalue weighted by Crippen LogP contribution is 2.22. The minimum absolute atomic E-state index is 0.0812. The lowest BCUT2D eigenvalue weighted by molar-refractivity contribution is 0.0933. The van der Waals surface area contributed by atoms with Crippen LogP contribution in [0, 0.1) is 0 Å². The smallest absolute Gasteiger partial charge is 0.254 e. The van der Waals surface area contributed by atoms with Gasteiger partial charge in [0.25, 0.3) is 5.91 Å². The zero-order valence-corrected chi connectivity index (χ0v) is 14.0. The van der Waals surface area contributed by atoms with Gasteiger partial charge in [0.2, 0.25) is 5.13 Å². The molecule has 9 heteroatoms. The van der Waals surface area contributed by atoms with E-state index in [1.807, 2.05) is 0 Å². The van der Waals surface area contributed by atoms with Crippen molar-refractivity contribution in [1.29, 1.82) is 0 Å². The van der Waals surface area contributed by atoms with E-state index in [0.29, 0.717) is 18.0 Å². The molecule has 23 heavy (non-hydrogen) atoms. The summed E-state index contributed by atoms with van der Waals surface area (Å²) in [6.07, 6.45) is 5.28. The van der Waals surface area contributed by atoms with Gasteiger partial charge in [0.1, 0.15) is 6.61 Å². The Labute approximate surface area is 138 Å². The maximum Gasteiger partial charge on any atom is 0.254 e. The van der Waals surface area contributed by atoms with E-state index in [4.69, 9.17) is 4.74 Å². The van der Waals surface area contributed by atoms with Gasteiger partial charge in [0, 0.05) is 51.0 Å². The van der Waals surface area contributed by atoms with Gasteiger partial charge in [-0.05, 0) is 12.8 Å². The topological polar surface area (TPSA) is 85.2 Å². The number of piperidine rings is 1. The molecule has 0 aromatic carbocycles. The van der Waals surface area contributed by atoms with Gasteiger partial charge >= 0.3 is 0 Å². The number of nitrogens with zero attached hydrogens (tertiary/aromatic N) is 5. The van der Waals surface area contributed by atoms with Crippen molar-refractivity contribution in [2.24, 2.45) is 7.05 Å². The fourth-order valence-corrected chi connectivity index (χ4v) is 3.34. The largest absolute Gasteiger partial charge is 0.377 e. The van der Waals surface area contributed by atoms with Crippen LogP contribution in [0.5, 0.6) is 0 Å². The van der Waals surface area contributed by atoms with E-state index in [2.05, 4.69) is 24.7 Å². The zero-order valence-electron chi connectivity index (χ0n) is 13.2. The zero-order chi connectivity index (χ0) is 16.2. The van der Waals surface area contributed by atoms with E-state index < -0.39 is 0 Å². The van der Waals surface area contributed by atoms with Crippen molar-refractivity contribution >= 4 is 22.6 Å². The van der Waals surface area contributed by atoms with Crippen molar-refractivity contribution in [3.8, 4) is 0 Å². The molecular weight excluding hydrogens is 316 g/mol. The molecule has 3 heterocycles. The summed E-state index contributed by atoms with van der Waals surface area (Å²) in [5.74, 6) is 0.622. The molecule has 1 unspecified atom stereocenters. The summed E-state index contributed by atoms with van der Waals surface area (Å²) in [4.78, 5) is 18.9. The van der Waals surface area contributed by atoms with Gasteiger partial charge in [0.15, 0.2) is 5.82 Å². The first-order valence-corrected chi connectivity index (χ1v) is 8.29. The number of hydrogen-bond donors (Lipinski definition) is 1. The van der Waals surface area contributed by atoms with E-state index in [-0.39, 0.29) is 11.9 Å². The number of aromatic nitrogens is 4. The summed E-state index contributed by atoms with van der Waals surface area (Å²) in [6, 6.07) is 0.103. The number of aryl methyl sites for hydroxylation is 1. The molecule has 0 spiro atoms. The molecule has 3 rings (SSSR count). The molecule has 2 aromatic rings. The van der Waals surface area contributed by atoms with Crippen LogP contribution >= 0.6 is 11.5 Å². The molecule has 1 atom stereocenters. The summed E-state index contributed by atoms with van der Waals surface area (Å²) in [5.41, 5.74) is 0.586. The fourth-order valence-electron chi connectivity index (χ4n) is 2.64. The van der Waals surface area contributed by atoms with Crippen LogP contribution in [0.25, 0.3) is 0 Å². The first kappa shape index (κ1) is 15.9. The van der Waals surface area contributed by atoms with Gasteiger partial charge in [-0.1, -0.05) is 0 Å². The molecule has 0 aliphatic carbocycles. The van der Waals surface area contributed by atoms with E-state index in [9.17, 15) is 4.79 Å². The Bertz CT molecular complexity index is 670. The third kappa shape index (κ3) is 3.85. The van der Waals surface area contributed by atoms with Crippen LogP contribution in [0.2, 0.25) is 0 Å². The molecule has 1 saturated heterocycles. The van der Waals surface area contributed by atoms with Gasteiger partial charge in [-0.3, -0.25) is 9.48 Å². The third-order valence-electron chi connectivity index (χ3n) is 3.73. The van der Waals surface area contributed by atoms with Crippen molar-refractivity contribution in [1.82, 2.24) is 24.5 Å². The normalized spacial score (nSPS) is 18.2. The van der Waals surface area contributed by atoms with Gasteiger partial charge in [-0.25, -0.2) is 4.98 Å². The van der Waals surface area contributed by atoms with E-state index in [0.717, 1.165) is 31.1 Å². The van der Waals surface area contributed by atoms with Gasteiger partial charge < -0.3 is 15.0 Å². The quantitative estimate of drug-likeness (QED) is 0.870. The van der Waals surface area contributed by atoms with Crippen LogP contribution in [0.1, 0.15) is 29.0 Å². The molecule has 2 aromatic heterocycles. The minimum Gasteiger partial charge on any atom is -0.377 e. The summed E-state index contributed by atoms with van der Waals surface area (Å²) in [6.45, 7) is 2.10. The molecule has 1 aliphatic rings. The van der Waals surface area contributed by atoms with Crippen molar-refractivity contribution in [2.75, 3.05) is 25.1 Å². The molecule has 124 valence electrons.